The molecule has 0 spiro atoms. The fourth-order valence-corrected chi connectivity index (χ4v) is 5.14. The lowest BCUT2D eigenvalue weighted by Crippen LogP contribution is -2.50. The Kier molecular flexibility index (Phi) is 7.74. The molecule has 2 amide bonds. The van der Waals surface area contributed by atoms with Gasteiger partial charge in [0.2, 0.25) is 0 Å². The molecule has 3 N–H and O–H groups in total. The summed E-state index contributed by atoms with van der Waals surface area (Å²) < 4.78 is 22.6. The van der Waals surface area contributed by atoms with Crippen LogP contribution in [-0.4, -0.2) is 91.2 Å². The Labute approximate surface area is 248 Å². The van der Waals surface area contributed by atoms with Crippen molar-refractivity contribution in [1.82, 2.24) is 39.7 Å². The number of ether oxygens (including phenoxy) is 1. The first-order valence-electron chi connectivity index (χ1n) is 14.6. The van der Waals surface area contributed by atoms with Crippen LogP contribution in [0.3, 0.4) is 0 Å². The van der Waals surface area contributed by atoms with Crippen molar-refractivity contribution in [2.24, 2.45) is 0 Å². The Morgan fingerprint density at radius 3 is 2.60 bits per heavy atom. The average molecular weight is 590 g/mol. The number of hydrogen-bond donors (Lipinski definition) is 3. The van der Waals surface area contributed by atoms with E-state index in [1.165, 1.54) is 6.07 Å². The second kappa shape index (κ2) is 11.6. The maximum atomic E-state index is 15.4. The highest BCUT2D eigenvalue weighted by Gasteiger charge is 2.28. The van der Waals surface area contributed by atoms with Crippen molar-refractivity contribution in [3.63, 3.8) is 0 Å². The van der Waals surface area contributed by atoms with Gasteiger partial charge in [-0.2, -0.15) is 5.10 Å². The first-order valence-corrected chi connectivity index (χ1v) is 14.6. The standard InChI is InChI=1S/C30H36FN9O3/c1-30(2,3)43-29(42)32-8-9-38-10-12-39(13-11-38)28(41)20-6-7-23(22(31)14-20)36-26-27-33-17-25(21-15-34-35-16-21)40(27)18-24(37-26)19-4-5-19/h6-7,14-19H,4-5,8-13H2,1-3H3,(H,32,42)(H,34,35)(H,36,37). The van der Waals surface area contributed by atoms with E-state index in [0.717, 1.165) is 29.8 Å². The lowest BCUT2D eigenvalue weighted by Gasteiger charge is -2.34. The number of halogens is 1. The van der Waals surface area contributed by atoms with Gasteiger partial charge >= 0.3 is 6.09 Å². The maximum absolute atomic E-state index is 15.4. The normalized spacial score (nSPS) is 16.0. The zero-order chi connectivity index (χ0) is 30.1. The van der Waals surface area contributed by atoms with Crippen LogP contribution in [0.25, 0.3) is 16.9 Å². The van der Waals surface area contributed by atoms with Crippen molar-refractivity contribution in [2.75, 3.05) is 44.6 Å². The van der Waals surface area contributed by atoms with Gasteiger partial charge in [0.15, 0.2) is 11.5 Å². The van der Waals surface area contributed by atoms with Crippen molar-refractivity contribution in [2.45, 2.75) is 45.1 Å². The smallest absolute Gasteiger partial charge is 0.407 e. The van der Waals surface area contributed by atoms with Crippen LogP contribution in [-0.2, 0) is 4.74 Å². The molecule has 4 heterocycles. The molecule has 4 aromatic rings. The van der Waals surface area contributed by atoms with Crippen LogP contribution in [0, 0.1) is 5.82 Å². The number of piperazine rings is 1. The Morgan fingerprint density at radius 1 is 1.14 bits per heavy atom. The van der Waals surface area contributed by atoms with Gasteiger partial charge in [-0.05, 0) is 51.8 Å². The average Bonchev–Trinajstić information content (AvgIpc) is 3.50. The molecule has 0 atom stereocenters. The van der Waals surface area contributed by atoms with Gasteiger partial charge in [-0.3, -0.25) is 19.2 Å². The molecule has 3 aromatic heterocycles. The van der Waals surface area contributed by atoms with Crippen LogP contribution in [0.1, 0.15) is 55.6 Å². The molecule has 1 aromatic carbocycles. The van der Waals surface area contributed by atoms with Gasteiger partial charge in [-0.25, -0.2) is 19.2 Å². The summed E-state index contributed by atoms with van der Waals surface area (Å²) in [6.45, 7) is 8.92. The first-order chi connectivity index (χ1) is 20.6. The minimum absolute atomic E-state index is 0.216. The molecule has 13 heteroatoms. The van der Waals surface area contributed by atoms with E-state index in [4.69, 9.17) is 9.72 Å². The topological polar surface area (TPSA) is 133 Å². The highest BCUT2D eigenvalue weighted by molar-refractivity contribution is 5.95. The van der Waals surface area contributed by atoms with Crippen molar-refractivity contribution >= 4 is 29.2 Å². The SMILES string of the molecule is CC(C)(C)OC(=O)NCCN1CCN(C(=O)c2ccc(Nc3nc(C4CC4)cn4c(-c5cn[nH]c5)cnc34)c(F)c2)CC1. The van der Waals surface area contributed by atoms with E-state index in [2.05, 4.69) is 30.7 Å². The molecule has 2 aliphatic rings. The summed E-state index contributed by atoms with van der Waals surface area (Å²) >= 11 is 0. The van der Waals surface area contributed by atoms with E-state index in [9.17, 15) is 9.59 Å². The maximum Gasteiger partial charge on any atom is 0.407 e. The predicted molar refractivity (Wildman–Crippen MR) is 159 cm³/mol. The van der Waals surface area contributed by atoms with Crippen LogP contribution in [0.4, 0.5) is 20.7 Å². The van der Waals surface area contributed by atoms with Crippen LogP contribution >= 0.6 is 0 Å². The number of fused-ring (bicyclic) bond motifs is 1. The first kappa shape index (κ1) is 28.6. The number of imidazole rings is 1. The van der Waals surface area contributed by atoms with Gasteiger partial charge in [-0.15, -0.1) is 0 Å². The van der Waals surface area contributed by atoms with E-state index in [-0.39, 0.29) is 17.2 Å². The number of anilines is 2. The Morgan fingerprint density at radius 2 is 1.93 bits per heavy atom. The summed E-state index contributed by atoms with van der Waals surface area (Å²) in [7, 11) is 0. The van der Waals surface area contributed by atoms with Crippen LogP contribution in [0.2, 0.25) is 0 Å². The molecular weight excluding hydrogens is 553 g/mol. The van der Waals surface area contributed by atoms with E-state index >= 15 is 4.39 Å². The van der Waals surface area contributed by atoms with E-state index < -0.39 is 17.5 Å². The molecule has 6 rings (SSSR count). The lowest BCUT2D eigenvalue weighted by molar-refractivity contribution is 0.0513. The van der Waals surface area contributed by atoms with Gasteiger partial charge in [0, 0.05) is 68.7 Å². The third-order valence-electron chi connectivity index (χ3n) is 7.53. The Hall–Kier alpha value is -4.52. The van der Waals surface area contributed by atoms with Gasteiger partial charge in [-0.1, -0.05) is 0 Å². The molecule has 2 fully saturated rings. The Bertz CT molecular complexity index is 1620. The second-order valence-electron chi connectivity index (χ2n) is 12.0. The number of H-pyrrole nitrogens is 1. The molecular formula is C30H36FN9O3. The van der Waals surface area contributed by atoms with Crippen LogP contribution < -0.4 is 10.6 Å². The monoisotopic (exact) mass is 589 g/mol. The molecule has 1 aliphatic heterocycles. The number of nitrogens with one attached hydrogen (secondary N) is 3. The van der Waals surface area contributed by atoms with Crippen LogP contribution in [0.5, 0.6) is 0 Å². The number of alkyl carbamates (subject to hydrolysis) is 1. The quantitative estimate of drug-likeness (QED) is 0.279. The highest BCUT2D eigenvalue weighted by atomic mass is 19.1. The third-order valence-corrected chi connectivity index (χ3v) is 7.53. The van der Waals surface area contributed by atoms with E-state index in [1.54, 1.807) is 35.6 Å². The summed E-state index contributed by atoms with van der Waals surface area (Å²) in [5.74, 6) is 0.0628. The molecule has 0 radical (unpaired) electrons. The van der Waals surface area contributed by atoms with E-state index in [1.807, 2.05) is 31.4 Å². The zero-order valence-electron chi connectivity index (χ0n) is 24.6. The van der Waals surface area contributed by atoms with Crippen molar-refractivity contribution < 1.29 is 18.7 Å². The molecule has 226 valence electrons. The largest absolute Gasteiger partial charge is 0.444 e. The summed E-state index contributed by atoms with van der Waals surface area (Å²) in [6.07, 6.45) is 8.95. The van der Waals surface area contributed by atoms with Crippen LogP contribution in [0.15, 0.2) is 43.0 Å². The van der Waals surface area contributed by atoms with Crippen molar-refractivity contribution in [1.29, 1.82) is 0 Å². The number of aromatic amines is 1. The van der Waals surface area contributed by atoms with Gasteiger partial charge in [0.1, 0.15) is 11.4 Å². The molecule has 12 nitrogen and oxygen atoms in total. The number of rotatable bonds is 8. The number of benzene rings is 1. The molecule has 1 saturated heterocycles. The number of carbonyl (C=O) groups excluding carboxylic acids is 2. The van der Waals surface area contributed by atoms with Gasteiger partial charge in [0.05, 0.1) is 29.5 Å². The Balaban J connectivity index is 1.09. The summed E-state index contributed by atoms with van der Waals surface area (Å²) in [5, 5.41) is 12.8. The summed E-state index contributed by atoms with van der Waals surface area (Å²) in [5.41, 5.74) is 3.20. The number of nitrogens with zero attached hydrogens (tertiary/aromatic N) is 6. The lowest BCUT2D eigenvalue weighted by atomic mass is 10.1. The minimum Gasteiger partial charge on any atom is -0.444 e. The highest BCUT2D eigenvalue weighted by Crippen LogP contribution is 2.40. The summed E-state index contributed by atoms with van der Waals surface area (Å²) in [4.78, 5) is 38.3. The number of aromatic nitrogens is 5. The summed E-state index contributed by atoms with van der Waals surface area (Å²) in [6, 6.07) is 4.48. The number of hydrogen-bond acceptors (Lipinski definition) is 8. The molecule has 43 heavy (non-hydrogen) atoms. The fourth-order valence-electron chi connectivity index (χ4n) is 5.14. The second-order valence-corrected chi connectivity index (χ2v) is 12.0. The van der Waals surface area contributed by atoms with Crippen molar-refractivity contribution in [3.8, 4) is 11.3 Å². The molecule has 1 saturated carbocycles. The van der Waals surface area contributed by atoms with E-state index in [0.29, 0.717) is 56.7 Å². The fraction of sp³-hybridized carbons (Fsp3) is 0.433. The van der Waals surface area contributed by atoms with Gasteiger partial charge in [0.25, 0.3) is 5.91 Å². The molecule has 0 unspecified atom stereocenters. The van der Waals surface area contributed by atoms with Crippen molar-refractivity contribution in [3.05, 3.63) is 60.1 Å². The molecule has 1 aliphatic carbocycles. The number of carbonyl (C=O) groups is 2. The predicted octanol–water partition coefficient (Wildman–Crippen LogP) is 4.16. The number of amides is 2. The molecule has 0 bridgehead atoms. The third kappa shape index (κ3) is 6.61. The minimum atomic E-state index is -0.545. The zero-order valence-corrected chi connectivity index (χ0v) is 24.6. The van der Waals surface area contributed by atoms with Gasteiger partial charge < -0.3 is 20.3 Å².